The van der Waals surface area contributed by atoms with Crippen molar-refractivity contribution in [2.75, 3.05) is 13.1 Å². The second-order valence-electron chi connectivity index (χ2n) is 5.62. The molecule has 0 unspecified atom stereocenters. The number of hydrogen-bond donors (Lipinski definition) is 0. The summed E-state index contributed by atoms with van der Waals surface area (Å²) in [5.41, 5.74) is 0.823. The molecular formula is C14H21ClN2O2S. The van der Waals surface area contributed by atoms with E-state index in [-0.39, 0.29) is 5.03 Å². The number of halogens is 1. The van der Waals surface area contributed by atoms with Gasteiger partial charge >= 0.3 is 0 Å². The minimum atomic E-state index is -3.46. The molecule has 0 radical (unpaired) electrons. The molecule has 1 aromatic rings. The molecule has 0 aliphatic carbocycles. The third-order valence-electron chi connectivity index (χ3n) is 4.00. The summed E-state index contributed by atoms with van der Waals surface area (Å²) in [5, 5.41) is 0.120. The fraction of sp³-hybridized carbons (Fsp3) is 0.643. The molecule has 0 spiro atoms. The van der Waals surface area contributed by atoms with Gasteiger partial charge in [0.2, 0.25) is 0 Å². The Morgan fingerprint density at radius 2 is 2.00 bits per heavy atom. The third kappa shape index (κ3) is 3.32. The van der Waals surface area contributed by atoms with Crippen LogP contribution in [0.5, 0.6) is 0 Å². The Balaban J connectivity index is 2.11. The highest BCUT2D eigenvalue weighted by Crippen LogP contribution is 2.27. The van der Waals surface area contributed by atoms with Gasteiger partial charge in [-0.05, 0) is 36.3 Å². The zero-order valence-corrected chi connectivity index (χ0v) is 13.5. The number of alkyl halides is 1. The van der Waals surface area contributed by atoms with Crippen LogP contribution in [0.2, 0.25) is 0 Å². The first-order valence-corrected chi connectivity index (χ1v) is 8.93. The molecule has 0 saturated carbocycles. The molecule has 2 heterocycles. The summed E-state index contributed by atoms with van der Waals surface area (Å²) in [4.78, 5) is 4.04. The molecule has 1 aromatic heterocycles. The molecule has 4 nitrogen and oxygen atoms in total. The van der Waals surface area contributed by atoms with Gasteiger partial charge in [0.1, 0.15) is 0 Å². The van der Waals surface area contributed by atoms with E-state index in [0.29, 0.717) is 30.8 Å². The number of pyridine rings is 1. The normalized spacial score (nSPS) is 18.6. The van der Waals surface area contributed by atoms with Gasteiger partial charge in [-0.3, -0.25) is 0 Å². The van der Waals surface area contributed by atoms with Crippen LogP contribution in [0, 0.1) is 11.8 Å². The summed E-state index contributed by atoms with van der Waals surface area (Å²) in [6.07, 6.45) is 3.38. The predicted molar refractivity (Wildman–Crippen MR) is 80.1 cm³/mol. The van der Waals surface area contributed by atoms with Crippen LogP contribution in [0.15, 0.2) is 23.4 Å². The van der Waals surface area contributed by atoms with Crippen LogP contribution >= 0.6 is 11.6 Å². The van der Waals surface area contributed by atoms with Crippen molar-refractivity contribution in [3.63, 3.8) is 0 Å². The number of sulfonamides is 1. The molecular weight excluding hydrogens is 296 g/mol. The van der Waals surface area contributed by atoms with E-state index in [0.717, 1.165) is 18.4 Å². The summed E-state index contributed by atoms with van der Waals surface area (Å²) in [6.45, 7) is 5.57. The van der Waals surface area contributed by atoms with Crippen LogP contribution in [0.25, 0.3) is 0 Å². The van der Waals surface area contributed by atoms with Crippen LogP contribution in [0.4, 0.5) is 0 Å². The molecule has 1 saturated heterocycles. The zero-order valence-electron chi connectivity index (χ0n) is 11.9. The highest BCUT2D eigenvalue weighted by Gasteiger charge is 2.31. The van der Waals surface area contributed by atoms with Crippen molar-refractivity contribution in [1.29, 1.82) is 0 Å². The summed E-state index contributed by atoms with van der Waals surface area (Å²) in [5.74, 6) is 1.57. The van der Waals surface area contributed by atoms with Crippen molar-refractivity contribution in [2.24, 2.45) is 11.8 Å². The van der Waals surface area contributed by atoms with Gasteiger partial charge in [0.25, 0.3) is 10.0 Å². The Labute approximate surface area is 126 Å². The second kappa shape index (κ2) is 6.41. The lowest BCUT2D eigenvalue weighted by Crippen LogP contribution is -2.39. The topological polar surface area (TPSA) is 50.3 Å². The quantitative estimate of drug-likeness (QED) is 0.803. The predicted octanol–water partition coefficient (Wildman–Crippen LogP) is 2.88. The molecule has 0 atom stereocenters. The minimum absolute atomic E-state index is 0.120. The first-order valence-electron chi connectivity index (χ1n) is 6.96. The van der Waals surface area contributed by atoms with Gasteiger partial charge in [-0.2, -0.15) is 4.31 Å². The minimum Gasteiger partial charge on any atom is -0.243 e. The van der Waals surface area contributed by atoms with Gasteiger partial charge < -0.3 is 0 Å². The standard InChI is InChI=1S/C14H21ClN2O2S/c1-11(2)13-5-7-17(8-6-13)20(18,19)14-4-3-12(9-15)10-16-14/h3-4,10-11,13H,5-9H2,1-2H3. The highest BCUT2D eigenvalue weighted by molar-refractivity contribution is 7.89. The fourth-order valence-electron chi connectivity index (χ4n) is 2.56. The van der Waals surface area contributed by atoms with Crippen LogP contribution in [-0.2, 0) is 15.9 Å². The van der Waals surface area contributed by atoms with Crippen LogP contribution in [-0.4, -0.2) is 30.8 Å². The summed E-state index contributed by atoms with van der Waals surface area (Å²) >= 11 is 5.69. The summed E-state index contributed by atoms with van der Waals surface area (Å²) < 4.78 is 26.5. The van der Waals surface area contributed by atoms with Crippen molar-refractivity contribution in [3.8, 4) is 0 Å². The van der Waals surface area contributed by atoms with Gasteiger partial charge in [-0.25, -0.2) is 13.4 Å². The van der Waals surface area contributed by atoms with Crippen LogP contribution < -0.4 is 0 Å². The van der Waals surface area contributed by atoms with Gasteiger partial charge in [-0.1, -0.05) is 19.9 Å². The van der Waals surface area contributed by atoms with E-state index in [9.17, 15) is 8.42 Å². The molecule has 2 rings (SSSR count). The average molecular weight is 317 g/mol. The largest absolute Gasteiger partial charge is 0.260 e. The molecule has 1 fully saturated rings. The van der Waals surface area contributed by atoms with Crippen molar-refractivity contribution < 1.29 is 8.42 Å². The maximum absolute atomic E-state index is 12.5. The Morgan fingerprint density at radius 3 is 2.45 bits per heavy atom. The Bertz CT molecular complexity index is 535. The summed E-state index contributed by atoms with van der Waals surface area (Å²) in [6, 6.07) is 3.26. The molecule has 1 aliphatic heterocycles. The molecule has 0 N–H and O–H groups in total. The molecule has 0 amide bonds. The van der Waals surface area contributed by atoms with E-state index in [1.807, 2.05) is 0 Å². The Hall–Kier alpha value is -0.650. The zero-order chi connectivity index (χ0) is 14.8. The van der Waals surface area contributed by atoms with Gasteiger partial charge in [0.05, 0.1) is 0 Å². The van der Waals surface area contributed by atoms with E-state index in [4.69, 9.17) is 11.6 Å². The van der Waals surface area contributed by atoms with E-state index < -0.39 is 10.0 Å². The molecule has 6 heteroatoms. The molecule has 1 aliphatic rings. The van der Waals surface area contributed by atoms with Crippen molar-refractivity contribution in [3.05, 3.63) is 23.9 Å². The Kier molecular flexibility index (Phi) is 5.04. The Morgan fingerprint density at radius 1 is 1.35 bits per heavy atom. The van der Waals surface area contributed by atoms with Gasteiger partial charge in [0.15, 0.2) is 5.03 Å². The number of hydrogen-bond acceptors (Lipinski definition) is 3. The number of aromatic nitrogens is 1. The van der Waals surface area contributed by atoms with Crippen molar-refractivity contribution in [2.45, 2.75) is 37.6 Å². The number of rotatable bonds is 4. The number of piperidine rings is 1. The van der Waals surface area contributed by atoms with Crippen LogP contribution in [0.1, 0.15) is 32.3 Å². The average Bonchev–Trinajstić information content (AvgIpc) is 2.47. The maximum Gasteiger partial charge on any atom is 0.260 e. The van der Waals surface area contributed by atoms with E-state index in [1.54, 1.807) is 16.4 Å². The lowest BCUT2D eigenvalue weighted by molar-refractivity contribution is 0.226. The fourth-order valence-corrected chi connectivity index (χ4v) is 4.10. The van der Waals surface area contributed by atoms with Gasteiger partial charge in [-0.15, -0.1) is 11.6 Å². The van der Waals surface area contributed by atoms with E-state index >= 15 is 0 Å². The van der Waals surface area contributed by atoms with Crippen molar-refractivity contribution in [1.82, 2.24) is 9.29 Å². The summed E-state index contributed by atoms with van der Waals surface area (Å²) in [7, 11) is -3.46. The molecule has 112 valence electrons. The van der Waals surface area contributed by atoms with E-state index in [1.165, 1.54) is 6.20 Å². The number of nitrogens with zero attached hydrogens (tertiary/aromatic N) is 2. The smallest absolute Gasteiger partial charge is 0.243 e. The monoisotopic (exact) mass is 316 g/mol. The lowest BCUT2D eigenvalue weighted by atomic mass is 9.87. The first kappa shape index (κ1) is 15.7. The first-order chi connectivity index (χ1) is 9.45. The second-order valence-corrected chi connectivity index (χ2v) is 7.78. The van der Waals surface area contributed by atoms with Gasteiger partial charge in [0, 0.05) is 25.2 Å². The SMILES string of the molecule is CC(C)C1CCN(S(=O)(=O)c2ccc(CCl)cn2)CC1. The highest BCUT2D eigenvalue weighted by atomic mass is 35.5. The molecule has 0 bridgehead atoms. The van der Waals surface area contributed by atoms with Crippen LogP contribution in [0.3, 0.4) is 0 Å². The van der Waals surface area contributed by atoms with Crippen molar-refractivity contribution >= 4 is 21.6 Å². The maximum atomic E-state index is 12.5. The van der Waals surface area contributed by atoms with E-state index in [2.05, 4.69) is 18.8 Å². The lowest BCUT2D eigenvalue weighted by Gasteiger charge is -2.32. The third-order valence-corrected chi connectivity index (χ3v) is 6.12. The molecule has 20 heavy (non-hydrogen) atoms. The molecule has 0 aromatic carbocycles.